The lowest BCUT2D eigenvalue weighted by atomic mass is 9.94. The highest BCUT2D eigenvalue weighted by Crippen LogP contribution is 2.43. The number of hydrogen-bond donors (Lipinski definition) is 0. The number of halogens is 2. The lowest BCUT2D eigenvalue weighted by Crippen LogP contribution is -2.21. The van der Waals surface area contributed by atoms with Gasteiger partial charge in [0.2, 0.25) is 0 Å². The number of fused-ring (bicyclic) bond motifs is 2. The first kappa shape index (κ1) is 35.7. The molecular formula is C43H46F2O4. The predicted octanol–water partition coefficient (Wildman–Crippen LogP) is 9.59. The van der Waals surface area contributed by atoms with E-state index in [0.717, 1.165) is 61.6 Å². The van der Waals surface area contributed by atoms with Gasteiger partial charge in [-0.1, -0.05) is 80.8 Å². The monoisotopic (exact) mass is 664 g/mol. The van der Waals surface area contributed by atoms with Gasteiger partial charge < -0.3 is 14.2 Å². The number of esters is 1. The molecule has 3 aromatic carbocycles. The van der Waals surface area contributed by atoms with Crippen molar-refractivity contribution >= 4 is 5.97 Å². The molecule has 0 aromatic heterocycles. The molecule has 0 amide bonds. The van der Waals surface area contributed by atoms with Crippen LogP contribution in [0.1, 0.15) is 98.4 Å². The number of benzene rings is 3. The summed E-state index contributed by atoms with van der Waals surface area (Å²) in [5.74, 6) is 13.1. The Labute approximate surface area is 290 Å². The summed E-state index contributed by atoms with van der Waals surface area (Å²) in [6.07, 6.45) is 17.6. The van der Waals surface area contributed by atoms with Gasteiger partial charge in [-0.2, -0.15) is 0 Å². The SMILES string of the molecule is COc1ccc(C#Cc2ccc(C#Cc3ccc(OC)c(F)c3)c(CCCCCCCCCCCOC(=O)C3CC4C=CC3C4)c2)cc1F. The van der Waals surface area contributed by atoms with Gasteiger partial charge in [0.25, 0.3) is 0 Å². The van der Waals surface area contributed by atoms with Crippen molar-refractivity contribution in [1.29, 1.82) is 0 Å². The van der Waals surface area contributed by atoms with Crippen molar-refractivity contribution in [2.24, 2.45) is 17.8 Å². The highest BCUT2D eigenvalue weighted by molar-refractivity contribution is 5.74. The molecule has 1 saturated carbocycles. The topological polar surface area (TPSA) is 44.8 Å². The molecule has 6 heteroatoms. The zero-order valence-corrected chi connectivity index (χ0v) is 28.7. The molecule has 0 radical (unpaired) electrons. The van der Waals surface area contributed by atoms with Crippen molar-refractivity contribution in [3.63, 3.8) is 0 Å². The van der Waals surface area contributed by atoms with Crippen molar-refractivity contribution < 1.29 is 27.8 Å². The average molecular weight is 665 g/mol. The third kappa shape index (κ3) is 10.5. The summed E-state index contributed by atoms with van der Waals surface area (Å²) >= 11 is 0. The molecule has 3 unspecified atom stereocenters. The van der Waals surface area contributed by atoms with Crippen LogP contribution in [0.5, 0.6) is 11.5 Å². The van der Waals surface area contributed by atoms with Gasteiger partial charge >= 0.3 is 5.97 Å². The number of rotatable bonds is 15. The summed E-state index contributed by atoms with van der Waals surface area (Å²) in [6.45, 7) is 0.548. The van der Waals surface area contributed by atoms with Crippen molar-refractivity contribution in [2.45, 2.75) is 77.0 Å². The number of carbonyl (C=O) groups is 1. The zero-order chi connectivity index (χ0) is 34.4. The summed E-state index contributed by atoms with van der Waals surface area (Å²) in [7, 11) is 2.87. The van der Waals surface area contributed by atoms with E-state index in [1.807, 2.05) is 12.1 Å². The van der Waals surface area contributed by atoms with Crippen LogP contribution in [-0.4, -0.2) is 26.8 Å². The predicted molar refractivity (Wildman–Crippen MR) is 189 cm³/mol. The van der Waals surface area contributed by atoms with E-state index in [4.69, 9.17) is 14.2 Å². The standard InChI is InChI=1S/C43H46F2O4/c1-47-41-23-18-32(29-39(41)44)14-13-31-15-20-35(21-16-33-19-24-42(48-2)40(45)30-33)36(26-31)12-10-8-6-4-3-5-7-9-11-25-49-43(46)38-28-34-17-22-37(38)27-34/h15,17-20,22-24,26,29-30,34,37-38H,3-12,25,27-28H2,1-2H3. The minimum absolute atomic E-state index is 0.00791. The van der Waals surface area contributed by atoms with E-state index in [9.17, 15) is 13.6 Å². The molecule has 2 aliphatic carbocycles. The maximum atomic E-state index is 14.2. The van der Waals surface area contributed by atoms with Crippen LogP contribution in [0.4, 0.5) is 8.78 Å². The van der Waals surface area contributed by atoms with E-state index in [1.165, 1.54) is 58.5 Å². The van der Waals surface area contributed by atoms with Crippen molar-refractivity contribution in [2.75, 3.05) is 20.8 Å². The van der Waals surface area contributed by atoms with Gasteiger partial charge in [-0.3, -0.25) is 4.79 Å². The lowest BCUT2D eigenvalue weighted by molar-refractivity contribution is -0.149. The fourth-order valence-corrected chi connectivity index (χ4v) is 6.76. The fraction of sp³-hybridized carbons (Fsp3) is 0.419. The first-order valence-corrected chi connectivity index (χ1v) is 17.6. The zero-order valence-electron chi connectivity index (χ0n) is 28.7. The van der Waals surface area contributed by atoms with Crippen molar-refractivity contribution in [3.8, 4) is 35.2 Å². The van der Waals surface area contributed by atoms with Crippen LogP contribution in [0.2, 0.25) is 0 Å². The molecule has 0 saturated heterocycles. The number of methoxy groups -OCH3 is 2. The van der Waals surface area contributed by atoms with Crippen LogP contribution in [0.3, 0.4) is 0 Å². The second kappa shape index (κ2) is 18.3. The van der Waals surface area contributed by atoms with Gasteiger partial charge in [0.15, 0.2) is 23.1 Å². The second-order valence-electron chi connectivity index (χ2n) is 13.1. The Bertz CT molecular complexity index is 1740. The smallest absolute Gasteiger partial charge is 0.309 e. The van der Waals surface area contributed by atoms with Gasteiger partial charge in [0.05, 0.1) is 26.7 Å². The Morgan fingerprint density at radius 1 is 0.673 bits per heavy atom. The van der Waals surface area contributed by atoms with Crippen LogP contribution in [0.25, 0.3) is 0 Å². The molecule has 49 heavy (non-hydrogen) atoms. The molecule has 0 spiro atoms. The summed E-state index contributed by atoms with van der Waals surface area (Å²) in [5, 5.41) is 0. The fourth-order valence-electron chi connectivity index (χ4n) is 6.76. The highest BCUT2D eigenvalue weighted by atomic mass is 19.1. The molecule has 0 heterocycles. The van der Waals surface area contributed by atoms with E-state index in [0.29, 0.717) is 29.6 Å². The van der Waals surface area contributed by atoms with E-state index >= 15 is 0 Å². The minimum Gasteiger partial charge on any atom is -0.494 e. The summed E-state index contributed by atoms with van der Waals surface area (Å²) in [4.78, 5) is 12.4. The van der Waals surface area contributed by atoms with E-state index in [-0.39, 0.29) is 23.4 Å². The van der Waals surface area contributed by atoms with Crippen LogP contribution in [0.15, 0.2) is 66.7 Å². The molecule has 0 aliphatic heterocycles. The maximum Gasteiger partial charge on any atom is 0.309 e. The van der Waals surface area contributed by atoms with Crippen LogP contribution < -0.4 is 9.47 Å². The number of unbranched alkanes of at least 4 members (excludes halogenated alkanes) is 8. The second-order valence-corrected chi connectivity index (χ2v) is 13.1. The number of ether oxygens (including phenoxy) is 3. The van der Waals surface area contributed by atoms with Gasteiger partial charge in [-0.25, -0.2) is 8.78 Å². The molecule has 256 valence electrons. The van der Waals surface area contributed by atoms with Gasteiger partial charge in [0.1, 0.15) is 0 Å². The quantitative estimate of drug-likeness (QED) is 0.0703. The van der Waals surface area contributed by atoms with E-state index in [2.05, 4.69) is 41.9 Å². The third-order valence-corrected chi connectivity index (χ3v) is 9.52. The Kier molecular flexibility index (Phi) is 13.3. The Balaban J connectivity index is 1.07. The Morgan fingerprint density at radius 3 is 1.78 bits per heavy atom. The molecular weight excluding hydrogens is 618 g/mol. The summed E-state index contributed by atoms with van der Waals surface area (Å²) in [5.41, 5.74) is 3.94. The van der Waals surface area contributed by atoms with E-state index in [1.54, 1.807) is 24.3 Å². The molecule has 0 N–H and O–H groups in total. The lowest BCUT2D eigenvalue weighted by Gasteiger charge is -2.16. The Hall–Kier alpha value is -4.55. The molecule has 5 rings (SSSR count). The molecule has 2 aliphatic rings. The average Bonchev–Trinajstić information content (AvgIpc) is 3.75. The highest BCUT2D eigenvalue weighted by Gasteiger charge is 2.40. The number of carbonyl (C=O) groups excluding carboxylic acids is 1. The van der Waals surface area contributed by atoms with Crippen LogP contribution >= 0.6 is 0 Å². The normalized spacial score (nSPS) is 17.2. The van der Waals surface area contributed by atoms with Crippen LogP contribution in [0, 0.1) is 53.1 Å². The van der Waals surface area contributed by atoms with Crippen molar-refractivity contribution in [3.05, 3.63) is 106 Å². The molecule has 2 bridgehead atoms. The molecule has 3 atom stereocenters. The maximum absolute atomic E-state index is 14.2. The first-order chi connectivity index (χ1) is 23.9. The third-order valence-electron chi connectivity index (χ3n) is 9.52. The molecule has 4 nitrogen and oxygen atoms in total. The van der Waals surface area contributed by atoms with E-state index < -0.39 is 11.6 Å². The van der Waals surface area contributed by atoms with Gasteiger partial charge in [-0.05, 0) is 104 Å². The van der Waals surface area contributed by atoms with Gasteiger partial charge in [0, 0.05) is 22.3 Å². The van der Waals surface area contributed by atoms with Gasteiger partial charge in [-0.15, -0.1) is 0 Å². The molecule has 1 fully saturated rings. The summed E-state index contributed by atoms with van der Waals surface area (Å²) in [6, 6.07) is 15.3. The number of aryl methyl sites for hydroxylation is 1. The minimum atomic E-state index is -0.447. The summed E-state index contributed by atoms with van der Waals surface area (Å²) < 4.78 is 44.0. The number of hydrogen-bond acceptors (Lipinski definition) is 4. The van der Waals surface area contributed by atoms with Crippen molar-refractivity contribution in [1.82, 2.24) is 0 Å². The first-order valence-electron chi connectivity index (χ1n) is 17.6. The molecule has 3 aromatic rings. The largest absolute Gasteiger partial charge is 0.494 e. The Morgan fingerprint density at radius 2 is 1.22 bits per heavy atom. The number of allylic oxidation sites excluding steroid dienone is 2. The van der Waals surface area contributed by atoms with Crippen LogP contribution in [-0.2, 0) is 16.0 Å².